The van der Waals surface area contributed by atoms with Crippen LogP contribution in [0, 0.1) is 6.92 Å². The number of aromatic nitrogens is 2. The fourth-order valence-corrected chi connectivity index (χ4v) is 3.72. The number of nitrogens with one attached hydrogen (secondary N) is 2. The van der Waals surface area contributed by atoms with Crippen molar-refractivity contribution in [3.05, 3.63) is 82.9 Å². The summed E-state index contributed by atoms with van der Waals surface area (Å²) in [7, 11) is 0. The van der Waals surface area contributed by atoms with Gasteiger partial charge < -0.3 is 15.2 Å². The number of pyridine rings is 1. The van der Waals surface area contributed by atoms with Crippen molar-refractivity contribution in [1.82, 2.24) is 15.3 Å². The third-order valence-corrected chi connectivity index (χ3v) is 4.94. The second-order valence-corrected chi connectivity index (χ2v) is 6.89. The van der Waals surface area contributed by atoms with Crippen molar-refractivity contribution >= 4 is 34.6 Å². The van der Waals surface area contributed by atoms with Gasteiger partial charge in [0.1, 0.15) is 6.04 Å². The SMILES string of the molecule is Cc1ccc([C@@H]2[C@H](c3ccccn3)NC(=S)N2c2ccc(Cl)cc2)[nH]1. The average molecular weight is 369 g/mol. The van der Waals surface area contributed by atoms with E-state index in [1.165, 1.54) is 0 Å². The smallest absolute Gasteiger partial charge is 0.174 e. The van der Waals surface area contributed by atoms with Crippen LogP contribution in [0.5, 0.6) is 0 Å². The standard InChI is InChI=1S/C19H17ClN4S/c1-12-5-10-16(22-12)18-17(15-4-2-3-11-21-15)23-19(25)24(18)14-8-6-13(20)7-9-14/h2-11,17-18,22H,1H3,(H,23,25)/t17-,18+/m0/s1. The van der Waals surface area contributed by atoms with Crippen molar-refractivity contribution in [1.29, 1.82) is 0 Å². The Morgan fingerprint density at radius 2 is 1.88 bits per heavy atom. The van der Waals surface area contributed by atoms with Gasteiger partial charge in [-0.05, 0) is 67.7 Å². The highest BCUT2D eigenvalue weighted by Gasteiger charge is 2.41. The predicted octanol–water partition coefficient (Wildman–Crippen LogP) is 4.55. The number of aromatic amines is 1. The molecule has 0 spiro atoms. The van der Waals surface area contributed by atoms with E-state index in [1.54, 1.807) is 0 Å². The molecule has 2 atom stereocenters. The van der Waals surface area contributed by atoms with Gasteiger partial charge in [-0.15, -0.1) is 0 Å². The fraction of sp³-hybridized carbons (Fsp3) is 0.158. The first-order valence-corrected chi connectivity index (χ1v) is 8.84. The minimum atomic E-state index is -0.0394. The normalized spacial score (nSPS) is 19.9. The number of hydrogen-bond acceptors (Lipinski definition) is 2. The van der Waals surface area contributed by atoms with Crippen LogP contribution in [0.4, 0.5) is 5.69 Å². The van der Waals surface area contributed by atoms with Gasteiger partial charge in [0.25, 0.3) is 0 Å². The Bertz CT molecular complexity index is 891. The van der Waals surface area contributed by atoms with Crippen LogP contribution in [-0.4, -0.2) is 15.1 Å². The third-order valence-electron chi connectivity index (χ3n) is 4.38. The molecule has 0 radical (unpaired) electrons. The zero-order chi connectivity index (χ0) is 17.4. The Balaban J connectivity index is 1.81. The lowest BCUT2D eigenvalue weighted by atomic mass is 10.0. The molecule has 3 heterocycles. The number of anilines is 1. The summed E-state index contributed by atoms with van der Waals surface area (Å²) in [5, 5.41) is 4.81. The summed E-state index contributed by atoms with van der Waals surface area (Å²) in [5.41, 5.74) is 4.16. The second kappa shape index (κ2) is 6.50. The van der Waals surface area contributed by atoms with E-state index in [0.717, 1.165) is 22.8 Å². The van der Waals surface area contributed by atoms with Crippen molar-refractivity contribution in [2.45, 2.75) is 19.0 Å². The molecule has 3 aromatic rings. The van der Waals surface area contributed by atoms with E-state index in [2.05, 4.69) is 32.3 Å². The van der Waals surface area contributed by atoms with E-state index in [-0.39, 0.29) is 12.1 Å². The molecule has 2 aromatic heterocycles. The largest absolute Gasteiger partial charge is 0.361 e. The molecule has 1 saturated heterocycles. The van der Waals surface area contributed by atoms with E-state index < -0.39 is 0 Å². The Morgan fingerprint density at radius 3 is 2.52 bits per heavy atom. The van der Waals surface area contributed by atoms with Crippen molar-refractivity contribution in [3.63, 3.8) is 0 Å². The number of thiocarbonyl (C=S) groups is 1. The minimum Gasteiger partial charge on any atom is -0.361 e. The molecule has 1 aliphatic rings. The van der Waals surface area contributed by atoms with Crippen LogP contribution in [0.2, 0.25) is 5.02 Å². The van der Waals surface area contributed by atoms with Gasteiger partial charge >= 0.3 is 0 Å². The van der Waals surface area contributed by atoms with E-state index >= 15 is 0 Å². The van der Waals surface area contributed by atoms with E-state index in [9.17, 15) is 0 Å². The lowest BCUT2D eigenvalue weighted by Crippen LogP contribution is -2.29. The molecular weight excluding hydrogens is 352 g/mol. The molecular formula is C19H17ClN4S. The summed E-state index contributed by atoms with van der Waals surface area (Å²) >= 11 is 11.7. The topological polar surface area (TPSA) is 44.0 Å². The summed E-state index contributed by atoms with van der Waals surface area (Å²) in [6.07, 6.45) is 1.81. The quantitative estimate of drug-likeness (QED) is 0.666. The van der Waals surface area contributed by atoms with Crippen LogP contribution >= 0.6 is 23.8 Å². The molecule has 0 amide bonds. The zero-order valence-electron chi connectivity index (χ0n) is 13.6. The maximum atomic E-state index is 6.05. The zero-order valence-corrected chi connectivity index (χ0v) is 15.2. The molecule has 25 heavy (non-hydrogen) atoms. The highest BCUT2D eigenvalue weighted by atomic mass is 35.5. The molecule has 0 aliphatic carbocycles. The van der Waals surface area contributed by atoms with Gasteiger partial charge in [-0.3, -0.25) is 4.98 Å². The van der Waals surface area contributed by atoms with Crippen LogP contribution in [-0.2, 0) is 0 Å². The van der Waals surface area contributed by atoms with E-state index in [1.807, 2.05) is 55.6 Å². The summed E-state index contributed by atoms with van der Waals surface area (Å²) in [6.45, 7) is 2.05. The predicted molar refractivity (Wildman–Crippen MR) is 105 cm³/mol. The van der Waals surface area contributed by atoms with Crippen molar-refractivity contribution in [3.8, 4) is 0 Å². The summed E-state index contributed by atoms with van der Waals surface area (Å²) in [4.78, 5) is 10.1. The molecule has 0 unspecified atom stereocenters. The third kappa shape index (κ3) is 3.01. The van der Waals surface area contributed by atoms with Crippen LogP contribution < -0.4 is 10.2 Å². The Labute approximate surface area is 156 Å². The van der Waals surface area contributed by atoms with Gasteiger partial charge in [-0.2, -0.15) is 0 Å². The molecule has 6 heteroatoms. The summed E-state index contributed by atoms with van der Waals surface area (Å²) < 4.78 is 0. The molecule has 1 aliphatic heterocycles. The lowest BCUT2D eigenvalue weighted by Gasteiger charge is -2.27. The molecule has 0 bridgehead atoms. The van der Waals surface area contributed by atoms with Gasteiger partial charge in [0, 0.05) is 28.3 Å². The number of nitrogens with zero attached hydrogens (tertiary/aromatic N) is 2. The molecule has 126 valence electrons. The lowest BCUT2D eigenvalue weighted by molar-refractivity contribution is 0.558. The minimum absolute atomic E-state index is 0.0164. The number of benzene rings is 1. The fourth-order valence-electron chi connectivity index (χ4n) is 3.25. The maximum absolute atomic E-state index is 6.05. The first-order valence-electron chi connectivity index (χ1n) is 8.05. The van der Waals surface area contributed by atoms with Gasteiger partial charge in [-0.25, -0.2) is 0 Å². The monoisotopic (exact) mass is 368 g/mol. The highest BCUT2D eigenvalue weighted by molar-refractivity contribution is 7.80. The molecule has 2 N–H and O–H groups in total. The summed E-state index contributed by atoms with van der Waals surface area (Å²) in [5.74, 6) is 0. The number of rotatable bonds is 3. The number of aryl methyl sites for hydroxylation is 1. The van der Waals surface area contributed by atoms with Crippen molar-refractivity contribution < 1.29 is 0 Å². The van der Waals surface area contributed by atoms with Crippen LogP contribution in [0.15, 0.2) is 60.8 Å². The number of H-pyrrole nitrogens is 1. The van der Waals surface area contributed by atoms with E-state index in [4.69, 9.17) is 23.8 Å². The maximum Gasteiger partial charge on any atom is 0.174 e. The molecule has 1 aromatic carbocycles. The van der Waals surface area contributed by atoms with Crippen LogP contribution in [0.1, 0.15) is 29.2 Å². The van der Waals surface area contributed by atoms with Crippen LogP contribution in [0.25, 0.3) is 0 Å². The molecule has 1 fully saturated rings. The Kier molecular flexibility index (Phi) is 4.19. The van der Waals surface area contributed by atoms with Gasteiger partial charge in [0.05, 0.1) is 11.7 Å². The first kappa shape index (κ1) is 16.1. The summed E-state index contributed by atoms with van der Waals surface area (Å²) in [6, 6.07) is 17.8. The van der Waals surface area contributed by atoms with Crippen LogP contribution in [0.3, 0.4) is 0 Å². The highest BCUT2D eigenvalue weighted by Crippen LogP contribution is 2.41. The Hall–Kier alpha value is -2.37. The second-order valence-electron chi connectivity index (χ2n) is 6.07. The number of halogens is 1. The Morgan fingerprint density at radius 1 is 1.08 bits per heavy atom. The first-order chi connectivity index (χ1) is 12.1. The van der Waals surface area contributed by atoms with Crippen molar-refractivity contribution in [2.24, 2.45) is 0 Å². The van der Waals surface area contributed by atoms with Gasteiger partial charge in [-0.1, -0.05) is 17.7 Å². The van der Waals surface area contributed by atoms with E-state index in [0.29, 0.717) is 10.1 Å². The van der Waals surface area contributed by atoms with Gasteiger partial charge in [0.2, 0.25) is 0 Å². The average Bonchev–Trinajstić information content (AvgIpc) is 3.20. The van der Waals surface area contributed by atoms with Gasteiger partial charge in [0.15, 0.2) is 5.11 Å². The molecule has 4 rings (SSSR count). The molecule has 4 nitrogen and oxygen atoms in total. The van der Waals surface area contributed by atoms with Crippen molar-refractivity contribution in [2.75, 3.05) is 4.90 Å². The number of hydrogen-bond donors (Lipinski definition) is 2. The molecule has 0 saturated carbocycles.